The van der Waals surface area contributed by atoms with Crippen molar-refractivity contribution in [3.05, 3.63) is 120 Å². The molecule has 0 amide bonds. The third-order valence-corrected chi connectivity index (χ3v) is 7.13. The van der Waals surface area contributed by atoms with E-state index in [0.717, 1.165) is 32.6 Å². The van der Waals surface area contributed by atoms with Crippen molar-refractivity contribution in [2.75, 3.05) is 0 Å². The maximum absolute atomic E-state index is 15.2. The molecule has 0 aliphatic rings. The summed E-state index contributed by atoms with van der Waals surface area (Å²) in [6, 6.07) is 32.5. The van der Waals surface area contributed by atoms with E-state index in [-0.39, 0.29) is 5.69 Å². The highest BCUT2D eigenvalue weighted by molar-refractivity contribution is 6.26. The molecule has 38 heavy (non-hydrogen) atoms. The predicted molar refractivity (Wildman–Crippen MR) is 144 cm³/mol. The van der Waals surface area contributed by atoms with Gasteiger partial charge in [0.15, 0.2) is 0 Å². The van der Waals surface area contributed by atoms with Crippen LogP contribution in [0.2, 0.25) is 0 Å². The Kier molecular flexibility index (Phi) is 4.60. The number of benzene rings is 5. The van der Waals surface area contributed by atoms with E-state index in [1.807, 2.05) is 65.2 Å². The standard InChI is InChI=1S/C32H16F2N4/c33-24-11-6-12-25(34)32(24)37-27-14-4-2-10-23(27)29-28(37)16-15-22-21-9-1-3-13-26(21)38(31(22)29)30-19(17-35)7-5-8-20(30)18-36/h1-16H. The number of hydrogen-bond acceptors (Lipinski definition) is 2. The number of nitrogens with zero attached hydrogens (tertiary/aromatic N) is 4. The Morgan fingerprint density at radius 1 is 0.500 bits per heavy atom. The highest BCUT2D eigenvalue weighted by atomic mass is 19.1. The highest BCUT2D eigenvalue weighted by Crippen LogP contribution is 2.43. The Balaban J connectivity index is 1.80. The lowest BCUT2D eigenvalue weighted by Crippen LogP contribution is -2.02. The maximum Gasteiger partial charge on any atom is 0.150 e. The van der Waals surface area contributed by atoms with Crippen LogP contribution in [0.15, 0.2) is 97.1 Å². The number of hydrogen-bond donors (Lipinski definition) is 0. The molecular weight excluding hydrogens is 478 g/mol. The summed E-state index contributed by atoms with van der Waals surface area (Å²) in [7, 11) is 0. The van der Waals surface area contributed by atoms with Crippen LogP contribution in [0.4, 0.5) is 8.78 Å². The van der Waals surface area contributed by atoms with Crippen LogP contribution in [0.5, 0.6) is 0 Å². The number of aromatic nitrogens is 2. The van der Waals surface area contributed by atoms with E-state index in [9.17, 15) is 10.5 Å². The van der Waals surface area contributed by atoms with E-state index in [1.165, 1.54) is 18.2 Å². The summed E-state index contributed by atoms with van der Waals surface area (Å²) in [6.07, 6.45) is 0. The summed E-state index contributed by atoms with van der Waals surface area (Å²) in [5.41, 5.74) is 3.86. The van der Waals surface area contributed by atoms with Crippen LogP contribution in [0, 0.1) is 34.3 Å². The second-order valence-corrected chi connectivity index (χ2v) is 9.06. The molecule has 0 atom stereocenters. The van der Waals surface area contributed by atoms with Crippen molar-refractivity contribution in [1.29, 1.82) is 10.5 Å². The van der Waals surface area contributed by atoms with Crippen molar-refractivity contribution in [1.82, 2.24) is 9.13 Å². The fourth-order valence-electron chi connectivity index (χ4n) is 5.65. The first-order chi connectivity index (χ1) is 18.6. The zero-order valence-corrected chi connectivity index (χ0v) is 19.8. The number of fused-ring (bicyclic) bond motifs is 7. The summed E-state index contributed by atoms with van der Waals surface area (Å²) in [4.78, 5) is 0. The van der Waals surface area contributed by atoms with Crippen molar-refractivity contribution in [2.24, 2.45) is 0 Å². The first-order valence-corrected chi connectivity index (χ1v) is 12.0. The van der Waals surface area contributed by atoms with Crippen molar-refractivity contribution in [3.63, 3.8) is 0 Å². The lowest BCUT2D eigenvalue weighted by molar-refractivity contribution is 0.573. The third kappa shape index (κ3) is 2.80. The first-order valence-electron chi connectivity index (χ1n) is 12.0. The Morgan fingerprint density at radius 3 is 1.74 bits per heavy atom. The van der Waals surface area contributed by atoms with Gasteiger partial charge < -0.3 is 9.13 Å². The van der Waals surface area contributed by atoms with Gasteiger partial charge in [0.2, 0.25) is 0 Å². The van der Waals surface area contributed by atoms with Crippen molar-refractivity contribution in [3.8, 4) is 23.5 Å². The smallest absolute Gasteiger partial charge is 0.150 e. The monoisotopic (exact) mass is 494 g/mol. The Labute approximate surface area is 215 Å². The molecule has 0 aliphatic heterocycles. The molecule has 5 aromatic carbocycles. The van der Waals surface area contributed by atoms with Gasteiger partial charge in [0, 0.05) is 21.5 Å². The summed E-state index contributed by atoms with van der Waals surface area (Å²) in [6.45, 7) is 0. The molecule has 0 unspecified atom stereocenters. The van der Waals surface area contributed by atoms with Crippen LogP contribution in [0.25, 0.3) is 55.0 Å². The number of halogens is 2. The van der Waals surface area contributed by atoms with Gasteiger partial charge in [-0.2, -0.15) is 10.5 Å². The van der Waals surface area contributed by atoms with Crippen LogP contribution < -0.4 is 0 Å². The molecule has 0 saturated carbocycles. The van der Waals surface area contributed by atoms with Gasteiger partial charge in [0.25, 0.3) is 0 Å². The zero-order chi connectivity index (χ0) is 26.0. The van der Waals surface area contributed by atoms with Gasteiger partial charge in [-0.25, -0.2) is 8.78 Å². The Morgan fingerprint density at radius 2 is 1.08 bits per heavy atom. The minimum Gasteiger partial charge on any atom is -0.306 e. The molecule has 0 radical (unpaired) electrons. The quantitative estimate of drug-likeness (QED) is 0.245. The Hall–Kier alpha value is -5.46. The van der Waals surface area contributed by atoms with E-state index in [0.29, 0.717) is 27.8 Å². The topological polar surface area (TPSA) is 57.4 Å². The van der Waals surface area contributed by atoms with Crippen LogP contribution in [-0.4, -0.2) is 9.13 Å². The van der Waals surface area contributed by atoms with Crippen LogP contribution in [0.3, 0.4) is 0 Å². The molecule has 0 spiro atoms. The fraction of sp³-hybridized carbons (Fsp3) is 0. The predicted octanol–water partition coefficient (Wildman–Crippen LogP) is 7.90. The lowest BCUT2D eigenvalue weighted by atomic mass is 10.1. The first kappa shape index (κ1) is 21.8. The molecule has 0 saturated heterocycles. The molecule has 0 aliphatic carbocycles. The van der Waals surface area contributed by atoms with Gasteiger partial charge >= 0.3 is 0 Å². The minimum atomic E-state index is -0.671. The number of nitriles is 2. The summed E-state index contributed by atoms with van der Waals surface area (Å²) in [5, 5.41) is 23.5. The minimum absolute atomic E-state index is 0.157. The van der Waals surface area contributed by atoms with E-state index in [4.69, 9.17) is 0 Å². The maximum atomic E-state index is 15.2. The molecule has 0 N–H and O–H groups in total. The highest BCUT2D eigenvalue weighted by Gasteiger charge is 2.24. The van der Waals surface area contributed by atoms with Gasteiger partial charge in [-0.1, -0.05) is 54.6 Å². The molecule has 6 heteroatoms. The number of rotatable bonds is 2. The number of para-hydroxylation sites is 4. The van der Waals surface area contributed by atoms with Gasteiger partial charge in [-0.15, -0.1) is 0 Å². The van der Waals surface area contributed by atoms with Gasteiger partial charge in [0.1, 0.15) is 29.5 Å². The molecule has 7 rings (SSSR count). The fourth-order valence-corrected chi connectivity index (χ4v) is 5.65. The average molecular weight is 495 g/mol. The summed E-state index contributed by atoms with van der Waals surface area (Å²) < 4.78 is 33.9. The van der Waals surface area contributed by atoms with Crippen LogP contribution >= 0.6 is 0 Å². The van der Waals surface area contributed by atoms with E-state index in [2.05, 4.69) is 12.1 Å². The van der Waals surface area contributed by atoms with Crippen molar-refractivity contribution in [2.45, 2.75) is 0 Å². The van der Waals surface area contributed by atoms with Gasteiger partial charge in [0.05, 0.1) is 38.9 Å². The van der Waals surface area contributed by atoms with E-state index >= 15 is 8.78 Å². The van der Waals surface area contributed by atoms with Gasteiger partial charge in [-0.3, -0.25) is 0 Å². The van der Waals surface area contributed by atoms with Crippen LogP contribution in [-0.2, 0) is 0 Å². The van der Waals surface area contributed by atoms with E-state index < -0.39 is 11.6 Å². The average Bonchev–Trinajstić information content (AvgIpc) is 3.45. The normalized spacial score (nSPS) is 11.4. The van der Waals surface area contributed by atoms with E-state index in [1.54, 1.807) is 22.8 Å². The molecule has 2 heterocycles. The molecule has 178 valence electrons. The largest absolute Gasteiger partial charge is 0.306 e. The van der Waals surface area contributed by atoms with Gasteiger partial charge in [-0.05, 0) is 42.5 Å². The second-order valence-electron chi connectivity index (χ2n) is 9.06. The van der Waals surface area contributed by atoms with Crippen LogP contribution in [0.1, 0.15) is 11.1 Å². The van der Waals surface area contributed by atoms with Crippen molar-refractivity contribution >= 4 is 43.6 Å². The SMILES string of the molecule is N#Cc1cccc(C#N)c1-n1c2ccccc2c2ccc3c(c4ccccc4n3-c3c(F)cccc3F)c21. The summed E-state index contributed by atoms with van der Waals surface area (Å²) in [5.74, 6) is -1.34. The molecule has 4 nitrogen and oxygen atoms in total. The van der Waals surface area contributed by atoms with Crippen molar-refractivity contribution < 1.29 is 8.78 Å². The third-order valence-electron chi connectivity index (χ3n) is 7.13. The second kappa shape index (κ2) is 8.03. The molecular formula is C32H16F2N4. The molecule has 0 fully saturated rings. The Bertz CT molecular complexity index is 2140. The molecule has 2 aromatic heterocycles. The molecule has 0 bridgehead atoms. The molecule has 7 aromatic rings. The lowest BCUT2D eigenvalue weighted by Gasteiger charge is -2.13. The zero-order valence-electron chi connectivity index (χ0n) is 19.8. The summed E-state index contributed by atoms with van der Waals surface area (Å²) >= 11 is 0.